The third-order valence-corrected chi connectivity index (χ3v) is 7.73. The molecule has 0 aliphatic carbocycles. The molecule has 0 radical (unpaired) electrons. The van der Waals surface area contributed by atoms with Crippen molar-refractivity contribution in [3.63, 3.8) is 0 Å². The lowest BCUT2D eigenvalue weighted by atomic mass is 9.93. The van der Waals surface area contributed by atoms with Crippen LogP contribution in [0.1, 0.15) is 11.1 Å². The molecule has 6 aromatic carbocycles. The van der Waals surface area contributed by atoms with E-state index in [1.165, 1.54) is 32.7 Å². The summed E-state index contributed by atoms with van der Waals surface area (Å²) in [6, 6.07) is 64.1. The number of rotatable bonds is 5. The van der Waals surface area contributed by atoms with E-state index in [1.807, 2.05) is 18.2 Å². The second-order valence-electron chi connectivity index (χ2n) is 10.6. The van der Waals surface area contributed by atoms with Crippen LogP contribution < -0.4 is 0 Å². The van der Waals surface area contributed by atoms with Crippen LogP contribution >= 0.6 is 0 Å². The van der Waals surface area contributed by atoms with E-state index in [4.69, 9.17) is 0 Å². The molecular weight excluding hydrogens is 528 g/mol. The van der Waals surface area contributed by atoms with Gasteiger partial charge in [-0.05, 0) is 60.5 Å². The van der Waals surface area contributed by atoms with Gasteiger partial charge in [0.2, 0.25) is 0 Å². The Kier molecular flexibility index (Phi) is 9.01. The second kappa shape index (κ2) is 14.0. The summed E-state index contributed by atoms with van der Waals surface area (Å²) in [4.78, 5) is 0. The van der Waals surface area contributed by atoms with E-state index in [0.717, 1.165) is 27.8 Å². The summed E-state index contributed by atoms with van der Waals surface area (Å²) in [6.45, 7) is 4.39. The maximum Gasteiger partial charge on any atom is -0.00990 e. The fourth-order valence-electron chi connectivity index (χ4n) is 5.50. The fraction of sp³-hybridized carbons (Fsp3) is 0. The molecule has 0 unspecified atom stereocenters. The minimum absolute atomic E-state index is 0.949. The molecular formula is C44H34. The molecule has 0 fully saturated rings. The molecule has 0 atom stereocenters. The largest absolute Gasteiger partial charge is 0.0912 e. The van der Waals surface area contributed by atoms with E-state index in [0.29, 0.717) is 0 Å². The van der Waals surface area contributed by atoms with E-state index >= 15 is 0 Å². The van der Waals surface area contributed by atoms with Crippen molar-refractivity contribution in [2.45, 2.75) is 0 Å². The lowest BCUT2D eigenvalue weighted by Crippen LogP contribution is -1.84. The van der Waals surface area contributed by atoms with Gasteiger partial charge in [0.15, 0.2) is 0 Å². The van der Waals surface area contributed by atoms with E-state index in [9.17, 15) is 0 Å². The molecule has 0 saturated carbocycles. The van der Waals surface area contributed by atoms with Gasteiger partial charge in [-0.1, -0.05) is 201 Å². The number of hydrogen-bond acceptors (Lipinski definition) is 0. The Morgan fingerprint density at radius 3 is 1.66 bits per heavy atom. The van der Waals surface area contributed by atoms with Crippen LogP contribution in [0.5, 0.6) is 0 Å². The highest BCUT2D eigenvalue weighted by Crippen LogP contribution is 2.35. The molecule has 0 nitrogen and oxygen atoms in total. The molecule has 0 amide bonds. The van der Waals surface area contributed by atoms with Crippen molar-refractivity contribution in [3.05, 3.63) is 206 Å². The average Bonchev–Trinajstić information content (AvgIpc) is 3.08. The molecule has 0 spiro atoms. The highest BCUT2D eigenvalue weighted by Gasteiger charge is 2.08. The van der Waals surface area contributed by atoms with Gasteiger partial charge in [-0.25, -0.2) is 0 Å². The number of benzene rings is 4. The molecule has 0 heterocycles. The van der Waals surface area contributed by atoms with Crippen molar-refractivity contribution in [1.29, 1.82) is 0 Å². The molecule has 0 aliphatic rings. The first-order valence-corrected chi connectivity index (χ1v) is 15.0. The third kappa shape index (κ3) is 6.67. The molecule has 6 rings (SSSR count). The van der Waals surface area contributed by atoms with Crippen LogP contribution in [0.15, 0.2) is 195 Å². The van der Waals surface area contributed by atoms with E-state index in [-0.39, 0.29) is 0 Å². The molecule has 0 N–H and O–H groups in total. The van der Waals surface area contributed by atoms with Crippen molar-refractivity contribution >= 4 is 33.2 Å². The summed E-state index contributed by atoms with van der Waals surface area (Å²) >= 11 is 0. The predicted octanol–water partition coefficient (Wildman–Crippen LogP) is 12.3. The van der Waals surface area contributed by atoms with Gasteiger partial charge in [-0.3, -0.25) is 0 Å². The standard InChI is InChI=1S/C44H34/c1-34(30-31-35-18-7-6-8-19-35)36-20-9-2-3-10-21-38(33-32-36)40-24-11-4-5-12-26-43(44-28-16-15-27-41(40)44)42-29-17-23-37-22-13-14-25-39(37)42/h2-33H,1H2. The second-order valence-corrected chi connectivity index (χ2v) is 10.6. The molecule has 0 heteroatoms. The van der Waals surface area contributed by atoms with E-state index in [1.54, 1.807) is 0 Å². The summed E-state index contributed by atoms with van der Waals surface area (Å²) < 4.78 is 0. The van der Waals surface area contributed by atoms with Crippen LogP contribution in [0.25, 0.3) is 55.4 Å². The summed E-state index contributed by atoms with van der Waals surface area (Å²) in [7, 11) is 0. The molecule has 0 aromatic heterocycles. The Balaban J connectivity index is 1.57. The topological polar surface area (TPSA) is 0 Å². The summed E-state index contributed by atoms with van der Waals surface area (Å²) in [5.41, 5.74) is 7.82. The lowest BCUT2D eigenvalue weighted by molar-refractivity contribution is 1.63. The minimum atomic E-state index is 0.949. The zero-order valence-electron chi connectivity index (χ0n) is 24.7. The number of allylic oxidation sites excluding steroid dienone is 2. The van der Waals surface area contributed by atoms with E-state index < -0.39 is 0 Å². The van der Waals surface area contributed by atoms with Gasteiger partial charge in [0.1, 0.15) is 0 Å². The van der Waals surface area contributed by atoms with Crippen LogP contribution in [0.3, 0.4) is 0 Å². The van der Waals surface area contributed by atoms with Crippen LogP contribution in [-0.4, -0.2) is 0 Å². The highest BCUT2D eigenvalue weighted by molar-refractivity contribution is 6.08. The summed E-state index contributed by atoms with van der Waals surface area (Å²) in [5.74, 6) is 0. The quantitative estimate of drug-likeness (QED) is 0.183. The molecule has 0 bridgehead atoms. The minimum Gasteiger partial charge on any atom is -0.0912 e. The third-order valence-electron chi connectivity index (χ3n) is 7.73. The zero-order valence-corrected chi connectivity index (χ0v) is 24.7. The Morgan fingerprint density at radius 1 is 0.386 bits per heavy atom. The first-order chi connectivity index (χ1) is 21.8. The maximum atomic E-state index is 4.39. The van der Waals surface area contributed by atoms with Crippen LogP contribution in [-0.2, 0) is 0 Å². The molecule has 0 saturated heterocycles. The van der Waals surface area contributed by atoms with E-state index in [2.05, 4.69) is 183 Å². The normalized spacial score (nSPS) is 10.7. The SMILES string of the molecule is C=C(C=Cc1ccccc1)c1ccccccc(-c2ccccccc(-c3cccc4ccccc34)c3ccccc23)cc1. The van der Waals surface area contributed by atoms with Crippen molar-refractivity contribution in [2.24, 2.45) is 0 Å². The van der Waals surface area contributed by atoms with Crippen LogP contribution in [0, 0.1) is 0 Å². The Labute approximate surface area is 260 Å². The number of fused-ring (bicyclic) bond motifs is 2. The molecule has 0 aliphatic heterocycles. The Hall–Kier alpha value is -5.72. The molecule has 44 heavy (non-hydrogen) atoms. The molecule has 210 valence electrons. The van der Waals surface area contributed by atoms with Crippen molar-refractivity contribution in [1.82, 2.24) is 0 Å². The van der Waals surface area contributed by atoms with Gasteiger partial charge < -0.3 is 0 Å². The number of hydrogen-bond donors (Lipinski definition) is 0. The average molecular weight is 563 g/mol. The fourth-order valence-corrected chi connectivity index (χ4v) is 5.50. The lowest BCUT2D eigenvalue weighted by Gasteiger charge is -2.11. The van der Waals surface area contributed by atoms with Gasteiger partial charge >= 0.3 is 0 Å². The van der Waals surface area contributed by atoms with Gasteiger partial charge in [0.05, 0.1) is 0 Å². The van der Waals surface area contributed by atoms with Gasteiger partial charge in [-0.15, -0.1) is 0 Å². The van der Waals surface area contributed by atoms with Gasteiger partial charge in [0.25, 0.3) is 0 Å². The van der Waals surface area contributed by atoms with Crippen molar-refractivity contribution in [2.75, 3.05) is 0 Å². The van der Waals surface area contributed by atoms with Crippen LogP contribution in [0.4, 0.5) is 0 Å². The Morgan fingerprint density at radius 2 is 0.886 bits per heavy atom. The van der Waals surface area contributed by atoms with Gasteiger partial charge in [0, 0.05) is 0 Å². The summed E-state index contributed by atoms with van der Waals surface area (Å²) in [5, 5.41) is 4.84. The Bertz CT molecular complexity index is 2070. The smallest absolute Gasteiger partial charge is 0.00990 e. The molecule has 6 aromatic rings. The first kappa shape index (κ1) is 28.4. The zero-order chi connectivity index (χ0) is 30.0. The predicted molar refractivity (Wildman–Crippen MR) is 192 cm³/mol. The van der Waals surface area contributed by atoms with Gasteiger partial charge in [-0.2, -0.15) is 0 Å². The summed E-state index contributed by atoms with van der Waals surface area (Å²) in [6.07, 6.45) is 4.19. The van der Waals surface area contributed by atoms with Crippen molar-refractivity contribution in [3.8, 4) is 22.3 Å². The highest BCUT2D eigenvalue weighted by atomic mass is 14.1. The van der Waals surface area contributed by atoms with Crippen LogP contribution in [0.2, 0.25) is 0 Å². The monoisotopic (exact) mass is 562 g/mol. The van der Waals surface area contributed by atoms with Crippen molar-refractivity contribution < 1.29 is 0 Å². The maximum absolute atomic E-state index is 4.39. The first-order valence-electron chi connectivity index (χ1n) is 15.0.